The second-order valence-electron chi connectivity index (χ2n) is 6.81. The molecule has 0 radical (unpaired) electrons. The van der Waals surface area contributed by atoms with Gasteiger partial charge in [0.05, 0.1) is 13.2 Å². The van der Waals surface area contributed by atoms with E-state index in [-0.39, 0.29) is 17.5 Å². The number of hydrogen-bond acceptors (Lipinski definition) is 7. The molecule has 2 aromatic rings. The van der Waals surface area contributed by atoms with Crippen LogP contribution in [-0.2, 0) is 9.53 Å². The van der Waals surface area contributed by atoms with Gasteiger partial charge in [-0.05, 0) is 37.3 Å². The summed E-state index contributed by atoms with van der Waals surface area (Å²) in [4.78, 5) is 34.7. The Balaban J connectivity index is 1.57. The van der Waals surface area contributed by atoms with Crippen molar-refractivity contribution in [3.05, 3.63) is 41.7 Å². The number of benzene rings is 1. The number of aryl methyl sites for hydroxylation is 1. The molecule has 2 amide bonds. The predicted molar refractivity (Wildman–Crippen MR) is 111 cm³/mol. The molecule has 0 spiro atoms. The van der Waals surface area contributed by atoms with Crippen LogP contribution in [0.5, 0.6) is 0 Å². The molecule has 154 valence electrons. The van der Waals surface area contributed by atoms with Crippen LogP contribution in [-0.4, -0.2) is 66.1 Å². The van der Waals surface area contributed by atoms with Gasteiger partial charge in [-0.2, -0.15) is 0 Å². The third kappa shape index (κ3) is 6.51. The quantitative estimate of drug-likeness (QED) is 0.652. The molecule has 1 saturated heterocycles. The number of nitrogens with zero attached hydrogens (tertiary/aromatic N) is 3. The Kier molecular flexibility index (Phi) is 7.09. The standard InChI is InChI=1S/C20H26N6O3/c1-14-13-18(19(28)24-17-5-3-16(4-6-17)23-15(2)27)25-20(22-14)21-7-8-26-9-11-29-12-10-26/h3-6,13H,7-12H2,1-2H3,(H,23,27)(H,24,28)(H,21,22,25). The predicted octanol–water partition coefficient (Wildman–Crippen LogP) is 1.74. The summed E-state index contributed by atoms with van der Waals surface area (Å²) in [6.45, 7) is 8.19. The number of carbonyl (C=O) groups excluding carboxylic acids is 2. The van der Waals surface area contributed by atoms with Gasteiger partial charge in [-0.15, -0.1) is 0 Å². The molecule has 0 atom stereocenters. The number of aromatic nitrogens is 2. The molecule has 3 N–H and O–H groups in total. The lowest BCUT2D eigenvalue weighted by molar-refractivity contribution is -0.114. The van der Waals surface area contributed by atoms with Gasteiger partial charge in [-0.1, -0.05) is 0 Å². The number of rotatable bonds is 7. The SMILES string of the molecule is CC(=O)Nc1ccc(NC(=O)c2cc(C)nc(NCCN3CCOCC3)n2)cc1. The normalized spacial score (nSPS) is 14.3. The van der Waals surface area contributed by atoms with E-state index >= 15 is 0 Å². The molecular formula is C20H26N6O3. The van der Waals surface area contributed by atoms with Crippen molar-refractivity contribution in [2.75, 3.05) is 55.3 Å². The first-order valence-electron chi connectivity index (χ1n) is 9.58. The van der Waals surface area contributed by atoms with Crippen LogP contribution in [0.3, 0.4) is 0 Å². The fourth-order valence-electron chi connectivity index (χ4n) is 2.95. The fraction of sp³-hybridized carbons (Fsp3) is 0.400. The molecule has 0 saturated carbocycles. The Bertz CT molecular complexity index is 850. The lowest BCUT2D eigenvalue weighted by Gasteiger charge is -2.26. The molecular weight excluding hydrogens is 372 g/mol. The topological polar surface area (TPSA) is 108 Å². The maximum Gasteiger partial charge on any atom is 0.274 e. The molecule has 0 bridgehead atoms. The van der Waals surface area contributed by atoms with Crippen LogP contribution in [0.2, 0.25) is 0 Å². The summed E-state index contributed by atoms with van der Waals surface area (Å²) >= 11 is 0. The second kappa shape index (κ2) is 9.94. The third-order valence-corrected chi connectivity index (χ3v) is 4.36. The first-order valence-corrected chi connectivity index (χ1v) is 9.58. The van der Waals surface area contributed by atoms with Crippen LogP contribution in [0, 0.1) is 6.92 Å². The molecule has 1 aromatic carbocycles. The van der Waals surface area contributed by atoms with Crippen LogP contribution in [0.25, 0.3) is 0 Å². The molecule has 1 aliphatic rings. The van der Waals surface area contributed by atoms with Gasteiger partial charge in [0.2, 0.25) is 11.9 Å². The number of anilines is 3. The zero-order chi connectivity index (χ0) is 20.6. The highest BCUT2D eigenvalue weighted by Gasteiger charge is 2.13. The van der Waals surface area contributed by atoms with Crippen molar-refractivity contribution in [1.82, 2.24) is 14.9 Å². The number of nitrogens with one attached hydrogen (secondary N) is 3. The van der Waals surface area contributed by atoms with Crippen LogP contribution in [0.1, 0.15) is 23.1 Å². The Morgan fingerprint density at radius 1 is 1.07 bits per heavy atom. The molecule has 2 heterocycles. The summed E-state index contributed by atoms with van der Waals surface area (Å²) < 4.78 is 5.34. The van der Waals surface area contributed by atoms with E-state index in [1.54, 1.807) is 30.3 Å². The van der Waals surface area contributed by atoms with Gasteiger partial charge in [-0.25, -0.2) is 9.97 Å². The van der Waals surface area contributed by atoms with Gasteiger partial charge in [0.15, 0.2) is 0 Å². The molecule has 1 aromatic heterocycles. The summed E-state index contributed by atoms with van der Waals surface area (Å²) in [5.41, 5.74) is 2.28. The van der Waals surface area contributed by atoms with Gasteiger partial charge >= 0.3 is 0 Å². The van der Waals surface area contributed by atoms with E-state index in [4.69, 9.17) is 4.74 Å². The maximum absolute atomic E-state index is 12.6. The lowest BCUT2D eigenvalue weighted by atomic mass is 10.2. The summed E-state index contributed by atoms with van der Waals surface area (Å²) in [6, 6.07) is 8.54. The van der Waals surface area contributed by atoms with Crippen LogP contribution in [0.4, 0.5) is 17.3 Å². The van der Waals surface area contributed by atoms with E-state index in [1.807, 2.05) is 6.92 Å². The van der Waals surface area contributed by atoms with Crippen molar-refractivity contribution >= 4 is 29.1 Å². The molecule has 9 nitrogen and oxygen atoms in total. The lowest BCUT2D eigenvalue weighted by Crippen LogP contribution is -2.39. The van der Waals surface area contributed by atoms with Crippen LogP contribution >= 0.6 is 0 Å². The van der Waals surface area contributed by atoms with E-state index in [1.165, 1.54) is 6.92 Å². The zero-order valence-corrected chi connectivity index (χ0v) is 16.7. The average molecular weight is 398 g/mol. The number of hydrogen-bond donors (Lipinski definition) is 3. The van der Waals surface area contributed by atoms with Crippen LogP contribution < -0.4 is 16.0 Å². The number of carbonyl (C=O) groups is 2. The van der Waals surface area contributed by atoms with Crippen molar-refractivity contribution in [1.29, 1.82) is 0 Å². The van der Waals surface area contributed by atoms with Gasteiger partial charge < -0.3 is 20.7 Å². The summed E-state index contributed by atoms with van der Waals surface area (Å²) in [5.74, 6) is -0.0321. The number of morpholine rings is 1. The number of amides is 2. The van der Waals surface area contributed by atoms with E-state index < -0.39 is 0 Å². The van der Waals surface area contributed by atoms with Crippen molar-refractivity contribution in [3.63, 3.8) is 0 Å². The Hall–Kier alpha value is -3.04. The van der Waals surface area contributed by atoms with Crippen molar-refractivity contribution < 1.29 is 14.3 Å². The van der Waals surface area contributed by atoms with Crippen LogP contribution in [0.15, 0.2) is 30.3 Å². The van der Waals surface area contributed by atoms with Gasteiger partial charge in [-0.3, -0.25) is 14.5 Å². The fourth-order valence-corrected chi connectivity index (χ4v) is 2.95. The zero-order valence-electron chi connectivity index (χ0n) is 16.7. The minimum absolute atomic E-state index is 0.146. The van der Waals surface area contributed by atoms with Gasteiger partial charge in [0, 0.05) is 50.2 Å². The van der Waals surface area contributed by atoms with Crippen molar-refractivity contribution in [3.8, 4) is 0 Å². The molecule has 3 rings (SSSR count). The average Bonchev–Trinajstić information content (AvgIpc) is 2.69. The van der Waals surface area contributed by atoms with Crippen molar-refractivity contribution in [2.24, 2.45) is 0 Å². The summed E-state index contributed by atoms with van der Waals surface area (Å²) in [5, 5.41) is 8.69. The largest absolute Gasteiger partial charge is 0.379 e. The molecule has 9 heteroatoms. The highest BCUT2D eigenvalue weighted by molar-refractivity contribution is 6.03. The highest BCUT2D eigenvalue weighted by atomic mass is 16.5. The molecule has 1 fully saturated rings. The van der Waals surface area contributed by atoms with E-state index in [2.05, 4.69) is 30.8 Å². The Morgan fingerprint density at radius 3 is 2.38 bits per heavy atom. The minimum atomic E-state index is -0.320. The Morgan fingerprint density at radius 2 is 1.72 bits per heavy atom. The molecule has 29 heavy (non-hydrogen) atoms. The first-order chi connectivity index (χ1) is 14.0. The monoisotopic (exact) mass is 398 g/mol. The van der Waals surface area contributed by atoms with E-state index in [9.17, 15) is 9.59 Å². The second-order valence-corrected chi connectivity index (χ2v) is 6.81. The number of ether oxygens (including phenoxy) is 1. The Labute approximate surface area is 169 Å². The van der Waals surface area contributed by atoms with Gasteiger partial charge in [0.1, 0.15) is 5.69 Å². The first kappa shape index (κ1) is 20.7. The maximum atomic E-state index is 12.6. The van der Waals surface area contributed by atoms with E-state index in [0.29, 0.717) is 29.6 Å². The van der Waals surface area contributed by atoms with Gasteiger partial charge in [0.25, 0.3) is 5.91 Å². The highest BCUT2D eigenvalue weighted by Crippen LogP contribution is 2.15. The molecule has 1 aliphatic heterocycles. The van der Waals surface area contributed by atoms with E-state index in [0.717, 1.165) is 32.8 Å². The smallest absolute Gasteiger partial charge is 0.274 e. The minimum Gasteiger partial charge on any atom is -0.379 e. The third-order valence-electron chi connectivity index (χ3n) is 4.36. The molecule has 0 aliphatic carbocycles. The summed E-state index contributed by atoms with van der Waals surface area (Å²) in [6.07, 6.45) is 0. The summed E-state index contributed by atoms with van der Waals surface area (Å²) in [7, 11) is 0. The molecule has 0 unspecified atom stereocenters. The van der Waals surface area contributed by atoms with Crippen molar-refractivity contribution in [2.45, 2.75) is 13.8 Å².